The van der Waals surface area contributed by atoms with Crippen LogP contribution in [-0.4, -0.2) is 5.78 Å². The summed E-state index contributed by atoms with van der Waals surface area (Å²) >= 11 is 0. The van der Waals surface area contributed by atoms with Crippen molar-refractivity contribution in [1.82, 2.24) is 0 Å². The smallest absolute Gasteiger partial charge is 0.159 e. The van der Waals surface area contributed by atoms with Gasteiger partial charge in [-0.25, -0.2) is 0 Å². The SMILES string of the molecule is CC(=O)c1ccccc1.c1cc2ccc1o2. The molecule has 2 nitrogen and oxygen atoms in total. The highest BCUT2D eigenvalue weighted by Gasteiger charge is 1.93. The molecule has 2 aromatic heterocycles. The van der Waals surface area contributed by atoms with Gasteiger partial charge in [-0.3, -0.25) is 4.79 Å². The second-order valence-electron chi connectivity index (χ2n) is 3.50. The lowest BCUT2D eigenvalue weighted by atomic mass is 10.2. The summed E-state index contributed by atoms with van der Waals surface area (Å²) in [5, 5.41) is 0. The summed E-state index contributed by atoms with van der Waals surface area (Å²) in [4.78, 5) is 10.6. The van der Waals surface area contributed by atoms with Crippen LogP contribution in [0.15, 0.2) is 59.0 Å². The van der Waals surface area contributed by atoms with Gasteiger partial charge < -0.3 is 4.42 Å². The zero-order chi connectivity index (χ0) is 11.4. The van der Waals surface area contributed by atoms with Crippen LogP contribution in [0.2, 0.25) is 0 Å². The van der Waals surface area contributed by atoms with Crippen LogP contribution < -0.4 is 0 Å². The Morgan fingerprint density at radius 3 is 1.62 bits per heavy atom. The van der Waals surface area contributed by atoms with Gasteiger partial charge in [0.05, 0.1) is 0 Å². The molecule has 0 spiro atoms. The van der Waals surface area contributed by atoms with Crippen molar-refractivity contribution < 1.29 is 9.21 Å². The highest BCUT2D eigenvalue weighted by atomic mass is 16.3. The molecule has 0 saturated carbocycles. The quantitative estimate of drug-likeness (QED) is 0.575. The van der Waals surface area contributed by atoms with Crippen LogP contribution >= 0.6 is 0 Å². The molecular weight excluding hydrogens is 200 g/mol. The molecule has 2 heterocycles. The van der Waals surface area contributed by atoms with E-state index in [2.05, 4.69) is 0 Å². The molecular formula is C14H12O2. The maximum absolute atomic E-state index is 10.6. The standard InChI is InChI=1S/C8H8O.C6H4O/c1-7(9)8-5-3-2-4-6-8;1-2-6-4-3-5(1)7-6/h2-6H,1H3;1-4H. The molecule has 16 heavy (non-hydrogen) atoms. The highest BCUT2D eigenvalue weighted by Crippen LogP contribution is 2.13. The van der Waals surface area contributed by atoms with E-state index in [1.54, 1.807) is 6.92 Å². The minimum atomic E-state index is 0.121. The summed E-state index contributed by atoms with van der Waals surface area (Å²) in [6.45, 7) is 1.56. The lowest BCUT2D eigenvalue weighted by Crippen LogP contribution is -1.88. The van der Waals surface area contributed by atoms with E-state index < -0.39 is 0 Å². The number of furan rings is 2. The van der Waals surface area contributed by atoms with Crippen molar-refractivity contribution in [3.05, 3.63) is 60.2 Å². The van der Waals surface area contributed by atoms with E-state index in [9.17, 15) is 4.79 Å². The van der Waals surface area contributed by atoms with E-state index >= 15 is 0 Å². The van der Waals surface area contributed by atoms with Gasteiger partial charge in [0, 0.05) is 5.56 Å². The van der Waals surface area contributed by atoms with E-state index in [1.807, 2.05) is 54.6 Å². The molecule has 0 aliphatic rings. The largest absolute Gasteiger partial charge is 0.457 e. The predicted octanol–water partition coefficient (Wildman–Crippen LogP) is 3.76. The van der Waals surface area contributed by atoms with Gasteiger partial charge in [-0.1, -0.05) is 30.3 Å². The Kier molecular flexibility index (Phi) is 3.01. The van der Waals surface area contributed by atoms with Gasteiger partial charge in [0.25, 0.3) is 0 Å². The highest BCUT2D eigenvalue weighted by molar-refractivity contribution is 5.93. The first-order valence-electron chi connectivity index (χ1n) is 5.09. The fourth-order valence-corrected chi connectivity index (χ4v) is 1.38. The van der Waals surface area contributed by atoms with Gasteiger partial charge in [0.15, 0.2) is 5.78 Å². The molecule has 80 valence electrons. The molecule has 0 N–H and O–H groups in total. The average molecular weight is 212 g/mol. The summed E-state index contributed by atoms with van der Waals surface area (Å²) in [5.74, 6) is 0.121. The van der Waals surface area contributed by atoms with E-state index in [-0.39, 0.29) is 5.78 Å². The molecule has 2 heteroatoms. The number of benzene rings is 2. The molecule has 0 aliphatic heterocycles. The van der Waals surface area contributed by atoms with E-state index in [0.29, 0.717) is 0 Å². The van der Waals surface area contributed by atoms with E-state index in [0.717, 1.165) is 16.7 Å². The molecule has 1 aromatic carbocycles. The number of hydrogen-bond donors (Lipinski definition) is 0. The Morgan fingerprint density at radius 2 is 1.38 bits per heavy atom. The number of rotatable bonds is 1. The number of hydrogen-bond acceptors (Lipinski definition) is 2. The van der Waals surface area contributed by atoms with Gasteiger partial charge in [-0.15, -0.1) is 0 Å². The molecule has 3 rings (SSSR count). The molecule has 0 atom stereocenters. The Bertz CT molecular complexity index is 506. The predicted molar refractivity (Wildman–Crippen MR) is 63.8 cm³/mol. The van der Waals surface area contributed by atoms with E-state index in [4.69, 9.17) is 4.42 Å². The molecule has 2 bridgehead atoms. The molecule has 0 radical (unpaired) electrons. The normalized spacial score (nSPS) is 9.81. The third kappa shape index (κ3) is 2.48. The summed E-state index contributed by atoms with van der Waals surface area (Å²) in [5.41, 5.74) is 2.71. The molecule has 3 aromatic rings. The van der Waals surface area contributed by atoms with Gasteiger partial charge in [-0.2, -0.15) is 0 Å². The second kappa shape index (κ2) is 4.62. The van der Waals surface area contributed by atoms with Gasteiger partial charge in [-0.05, 0) is 31.2 Å². The molecule has 0 fully saturated rings. The Balaban J connectivity index is 0.000000123. The zero-order valence-electron chi connectivity index (χ0n) is 9.01. The van der Waals surface area contributed by atoms with Crippen LogP contribution in [0.25, 0.3) is 11.2 Å². The first-order chi connectivity index (χ1) is 7.75. The fraction of sp³-hybridized carbons (Fsp3) is 0.0714. The van der Waals surface area contributed by atoms with Crippen molar-refractivity contribution in [2.45, 2.75) is 6.92 Å². The lowest BCUT2D eigenvalue weighted by Gasteiger charge is -1.89. The van der Waals surface area contributed by atoms with Gasteiger partial charge in [0.2, 0.25) is 0 Å². The fourth-order valence-electron chi connectivity index (χ4n) is 1.38. The third-order valence-electron chi connectivity index (χ3n) is 2.24. The van der Waals surface area contributed by atoms with Crippen molar-refractivity contribution in [3.8, 4) is 0 Å². The minimum absolute atomic E-state index is 0.121. The summed E-state index contributed by atoms with van der Waals surface area (Å²) in [6, 6.07) is 17.0. The monoisotopic (exact) mass is 212 g/mol. The lowest BCUT2D eigenvalue weighted by molar-refractivity contribution is 0.101. The summed E-state index contributed by atoms with van der Waals surface area (Å²) in [6.07, 6.45) is 0. The number of Topliss-reactive ketones (excluding diaryl/α,β-unsaturated/α-hetero) is 1. The minimum Gasteiger partial charge on any atom is -0.457 e. The first kappa shape index (κ1) is 10.4. The molecule has 0 aliphatic carbocycles. The van der Waals surface area contributed by atoms with Crippen LogP contribution in [0.4, 0.5) is 0 Å². The van der Waals surface area contributed by atoms with Crippen LogP contribution in [0.5, 0.6) is 0 Å². The zero-order valence-corrected chi connectivity index (χ0v) is 9.01. The Labute approximate surface area is 93.8 Å². The molecule has 0 saturated heterocycles. The van der Waals surface area contributed by atoms with Gasteiger partial charge >= 0.3 is 0 Å². The number of ketones is 1. The first-order valence-corrected chi connectivity index (χ1v) is 5.09. The number of carbonyl (C=O) groups is 1. The molecule has 0 unspecified atom stereocenters. The molecule has 0 amide bonds. The second-order valence-corrected chi connectivity index (χ2v) is 3.50. The average Bonchev–Trinajstić information content (AvgIpc) is 2.95. The Morgan fingerprint density at radius 1 is 0.875 bits per heavy atom. The van der Waals surface area contributed by atoms with Crippen LogP contribution in [-0.2, 0) is 0 Å². The maximum atomic E-state index is 10.6. The third-order valence-corrected chi connectivity index (χ3v) is 2.24. The van der Waals surface area contributed by atoms with Crippen molar-refractivity contribution in [2.75, 3.05) is 0 Å². The van der Waals surface area contributed by atoms with Crippen LogP contribution in [0.1, 0.15) is 17.3 Å². The summed E-state index contributed by atoms with van der Waals surface area (Å²) < 4.78 is 5.08. The maximum Gasteiger partial charge on any atom is 0.159 e. The number of fused-ring (bicyclic) bond motifs is 2. The van der Waals surface area contributed by atoms with Crippen molar-refractivity contribution in [3.63, 3.8) is 0 Å². The van der Waals surface area contributed by atoms with Gasteiger partial charge in [0.1, 0.15) is 11.2 Å². The van der Waals surface area contributed by atoms with Crippen LogP contribution in [0, 0.1) is 0 Å². The van der Waals surface area contributed by atoms with Crippen LogP contribution in [0.3, 0.4) is 0 Å². The van der Waals surface area contributed by atoms with Crippen molar-refractivity contribution in [2.24, 2.45) is 0 Å². The number of carbonyl (C=O) groups excluding carboxylic acids is 1. The van der Waals surface area contributed by atoms with E-state index in [1.165, 1.54) is 0 Å². The van der Waals surface area contributed by atoms with Crippen molar-refractivity contribution in [1.29, 1.82) is 0 Å². The van der Waals surface area contributed by atoms with Crippen molar-refractivity contribution >= 4 is 16.9 Å². The topological polar surface area (TPSA) is 30.2 Å². The Hall–Kier alpha value is -2.09. The summed E-state index contributed by atoms with van der Waals surface area (Å²) in [7, 11) is 0.